The molecule has 0 aromatic heterocycles. The van der Waals surface area contributed by atoms with E-state index in [0.29, 0.717) is 42.6 Å². The Labute approximate surface area is 229 Å². The van der Waals surface area contributed by atoms with Gasteiger partial charge in [0.15, 0.2) is 0 Å². The molecule has 0 spiro atoms. The lowest BCUT2D eigenvalue weighted by Crippen LogP contribution is -2.66. The van der Waals surface area contributed by atoms with Gasteiger partial charge in [0, 0.05) is 38.0 Å². The van der Waals surface area contributed by atoms with Gasteiger partial charge in [-0.3, -0.25) is 14.9 Å². The highest BCUT2D eigenvalue weighted by Crippen LogP contribution is 2.38. The number of nitrogens with one attached hydrogen (secondary N) is 1. The van der Waals surface area contributed by atoms with Gasteiger partial charge < -0.3 is 20.5 Å². The first-order valence-electron chi connectivity index (χ1n) is 12.6. The van der Waals surface area contributed by atoms with Crippen molar-refractivity contribution in [3.8, 4) is 5.75 Å². The summed E-state index contributed by atoms with van der Waals surface area (Å²) in [5.74, 6) is -1.49. The zero-order chi connectivity index (χ0) is 27.3. The molecular formula is C28H31BrFN3O5. The van der Waals surface area contributed by atoms with Crippen molar-refractivity contribution in [3.63, 3.8) is 0 Å². The monoisotopic (exact) mass is 587 g/mol. The largest absolute Gasteiger partial charge is 0.492 e. The maximum absolute atomic E-state index is 13.4. The fourth-order valence-electron chi connectivity index (χ4n) is 5.15. The molecule has 2 heterocycles. The highest BCUT2D eigenvalue weighted by molar-refractivity contribution is 9.10. The lowest BCUT2D eigenvalue weighted by molar-refractivity contribution is -0.138. The smallest absolute Gasteiger partial charge is 0.333 e. The number of fused-ring (bicyclic) bond motifs is 2. The molecule has 8 nitrogen and oxygen atoms in total. The Morgan fingerprint density at radius 2 is 1.92 bits per heavy atom. The van der Waals surface area contributed by atoms with Gasteiger partial charge in [0.2, 0.25) is 11.8 Å². The van der Waals surface area contributed by atoms with Crippen LogP contribution in [-0.4, -0.2) is 53.5 Å². The second-order valence-corrected chi connectivity index (χ2v) is 10.6. The first-order valence-corrected chi connectivity index (χ1v) is 13.4. The number of carboxylic acid groups (broad SMARTS) is 1. The second-order valence-electron chi connectivity index (χ2n) is 9.72. The Morgan fingerprint density at radius 1 is 1.16 bits per heavy atom. The number of carbonyl (C=O) groups excluding carboxylic acids is 2. The predicted octanol–water partition coefficient (Wildman–Crippen LogP) is 3.67. The zero-order valence-electron chi connectivity index (χ0n) is 20.9. The standard InChI is InChI=1S/C28H31BrFN3O5/c29-23-13-10-20(30)15-24(23)38-14-2-3-18-6-8-19(9-7-18)28-17-33(26(35)5-1-4-25(31)34)16-21(32-28)11-12-22(28)27(36)37/h6-10,12-13,15,21,32H,1-5,11,14,16-17H2,(H2,31,34)(H,36,37). The lowest BCUT2D eigenvalue weighted by Gasteiger charge is -2.50. The summed E-state index contributed by atoms with van der Waals surface area (Å²) < 4.78 is 19.8. The van der Waals surface area contributed by atoms with Crippen LogP contribution in [0.25, 0.3) is 0 Å². The third-order valence-corrected chi connectivity index (χ3v) is 7.65. The molecule has 2 atom stereocenters. The van der Waals surface area contributed by atoms with Crippen molar-refractivity contribution in [2.24, 2.45) is 5.73 Å². The number of hydrogen-bond donors (Lipinski definition) is 3. The highest BCUT2D eigenvalue weighted by atomic mass is 79.9. The molecule has 10 heteroatoms. The van der Waals surface area contributed by atoms with E-state index in [4.69, 9.17) is 10.5 Å². The molecule has 0 aliphatic carbocycles. The van der Waals surface area contributed by atoms with Crippen LogP contribution in [0.4, 0.5) is 4.39 Å². The van der Waals surface area contributed by atoms with Gasteiger partial charge in [-0.1, -0.05) is 30.3 Å². The number of piperazine rings is 1. The molecule has 0 saturated carbocycles. The van der Waals surface area contributed by atoms with Crippen LogP contribution in [0.15, 0.2) is 58.6 Å². The number of aryl methyl sites for hydroxylation is 1. The number of aliphatic carboxylic acids is 1. The molecule has 2 aromatic rings. The number of ether oxygens (including phenoxy) is 1. The van der Waals surface area contributed by atoms with Crippen molar-refractivity contribution in [1.29, 1.82) is 0 Å². The van der Waals surface area contributed by atoms with Crippen LogP contribution in [0.2, 0.25) is 0 Å². The van der Waals surface area contributed by atoms with E-state index in [1.54, 1.807) is 17.0 Å². The van der Waals surface area contributed by atoms with Crippen LogP contribution in [0, 0.1) is 5.82 Å². The Kier molecular flexibility index (Phi) is 8.83. The van der Waals surface area contributed by atoms with Gasteiger partial charge in [-0.15, -0.1) is 0 Å². The van der Waals surface area contributed by atoms with E-state index in [-0.39, 0.29) is 42.7 Å². The van der Waals surface area contributed by atoms with Crippen LogP contribution >= 0.6 is 15.9 Å². The average Bonchev–Trinajstić information content (AvgIpc) is 2.88. The number of nitrogens with zero attached hydrogens (tertiary/aromatic N) is 1. The molecule has 2 aromatic carbocycles. The molecule has 2 aliphatic rings. The third kappa shape index (κ3) is 6.42. The van der Waals surface area contributed by atoms with Gasteiger partial charge in [-0.2, -0.15) is 0 Å². The SMILES string of the molecule is NC(=O)CCCC(=O)N1CC2CC=C(C(=O)O)C(c3ccc(CCCOc4cc(F)ccc4Br)cc3)(C1)N2. The number of carboxylic acids is 1. The fraction of sp³-hybridized carbons (Fsp3) is 0.393. The third-order valence-electron chi connectivity index (χ3n) is 6.99. The molecular weight excluding hydrogens is 557 g/mol. The minimum atomic E-state index is -1.03. The van der Waals surface area contributed by atoms with Gasteiger partial charge >= 0.3 is 5.97 Å². The fourth-order valence-corrected chi connectivity index (χ4v) is 5.51. The summed E-state index contributed by atoms with van der Waals surface area (Å²) in [6.07, 6.45) is 4.39. The normalized spacial score (nSPS) is 20.5. The predicted molar refractivity (Wildman–Crippen MR) is 143 cm³/mol. The lowest BCUT2D eigenvalue weighted by atomic mass is 9.75. The molecule has 38 heavy (non-hydrogen) atoms. The van der Waals surface area contributed by atoms with E-state index in [1.807, 2.05) is 24.3 Å². The molecule has 2 amide bonds. The van der Waals surface area contributed by atoms with Gasteiger partial charge in [-0.25, -0.2) is 9.18 Å². The first-order chi connectivity index (χ1) is 18.2. The Bertz CT molecular complexity index is 1240. The first kappa shape index (κ1) is 27.8. The van der Waals surface area contributed by atoms with Gasteiger partial charge in [0.25, 0.3) is 0 Å². The van der Waals surface area contributed by atoms with Crippen molar-refractivity contribution in [2.45, 2.75) is 50.1 Å². The number of rotatable bonds is 11. The van der Waals surface area contributed by atoms with Crippen LogP contribution in [0.1, 0.15) is 43.2 Å². The topological polar surface area (TPSA) is 122 Å². The van der Waals surface area contributed by atoms with Crippen molar-refractivity contribution in [1.82, 2.24) is 10.2 Å². The molecule has 202 valence electrons. The summed E-state index contributed by atoms with van der Waals surface area (Å²) in [4.78, 5) is 38.0. The van der Waals surface area contributed by atoms with Crippen LogP contribution < -0.4 is 15.8 Å². The van der Waals surface area contributed by atoms with E-state index in [0.717, 1.165) is 17.5 Å². The van der Waals surface area contributed by atoms with Gasteiger partial charge in [0.1, 0.15) is 11.6 Å². The van der Waals surface area contributed by atoms with Crippen molar-refractivity contribution < 1.29 is 28.6 Å². The minimum Gasteiger partial charge on any atom is -0.492 e. The van der Waals surface area contributed by atoms with E-state index in [2.05, 4.69) is 21.2 Å². The number of amides is 2. The number of benzene rings is 2. The summed E-state index contributed by atoms with van der Waals surface area (Å²) in [6.45, 7) is 1.07. The minimum absolute atomic E-state index is 0.0779. The molecule has 4 rings (SSSR count). The van der Waals surface area contributed by atoms with Crippen LogP contribution in [-0.2, 0) is 26.3 Å². The molecule has 1 saturated heterocycles. The molecule has 1 fully saturated rings. The van der Waals surface area contributed by atoms with Crippen LogP contribution in [0.3, 0.4) is 0 Å². The van der Waals surface area contributed by atoms with E-state index < -0.39 is 17.4 Å². The number of halogens is 2. The van der Waals surface area contributed by atoms with E-state index in [9.17, 15) is 23.9 Å². The maximum Gasteiger partial charge on any atom is 0.333 e. The highest BCUT2D eigenvalue weighted by Gasteiger charge is 2.49. The van der Waals surface area contributed by atoms with E-state index in [1.165, 1.54) is 12.1 Å². The molecule has 0 radical (unpaired) electrons. The average molecular weight is 588 g/mol. The van der Waals surface area contributed by atoms with Crippen molar-refractivity contribution in [2.75, 3.05) is 19.7 Å². The summed E-state index contributed by atoms with van der Waals surface area (Å²) in [5, 5.41) is 13.5. The molecule has 2 bridgehead atoms. The summed E-state index contributed by atoms with van der Waals surface area (Å²) in [5.41, 5.74) is 6.22. The van der Waals surface area contributed by atoms with E-state index >= 15 is 0 Å². The summed E-state index contributed by atoms with van der Waals surface area (Å²) in [6, 6.07) is 12.0. The molecule has 2 aliphatic heterocycles. The Hall–Kier alpha value is -3.24. The second kappa shape index (κ2) is 12.1. The number of hydrogen-bond acceptors (Lipinski definition) is 5. The molecule has 4 N–H and O–H groups in total. The summed E-state index contributed by atoms with van der Waals surface area (Å²) in [7, 11) is 0. The van der Waals surface area contributed by atoms with Gasteiger partial charge in [-0.05, 0) is 64.9 Å². The van der Waals surface area contributed by atoms with Crippen molar-refractivity contribution >= 4 is 33.7 Å². The van der Waals surface area contributed by atoms with Crippen molar-refractivity contribution in [3.05, 3.63) is 75.5 Å². The quantitative estimate of drug-likeness (QED) is 0.345. The molecule has 2 unspecified atom stereocenters. The number of primary amides is 1. The number of nitrogens with two attached hydrogens (primary N) is 1. The number of carbonyl (C=O) groups is 3. The Morgan fingerprint density at radius 3 is 2.63 bits per heavy atom. The maximum atomic E-state index is 13.4. The summed E-state index contributed by atoms with van der Waals surface area (Å²) >= 11 is 3.35. The van der Waals surface area contributed by atoms with Crippen LogP contribution in [0.5, 0.6) is 5.75 Å². The Balaban J connectivity index is 1.45. The zero-order valence-corrected chi connectivity index (χ0v) is 22.5. The van der Waals surface area contributed by atoms with Gasteiger partial charge in [0.05, 0.1) is 22.2 Å².